The normalized spacial score (nSPS) is 12.7. The van der Waals surface area contributed by atoms with Gasteiger partial charge in [0, 0.05) is 22.3 Å². The summed E-state index contributed by atoms with van der Waals surface area (Å²) in [5, 5.41) is 3.16. The van der Waals surface area contributed by atoms with E-state index in [1.807, 2.05) is 0 Å². The van der Waals surface area contributed by atoms with Crippen LogP contribution in [0.3, 0.4) is 0 Å². The van der Waals surface area contributed by atoms with Gasteiger partial charge in [0.15, 0.2) is 0 Å². The zero-order valence-corrected chi connectivity index (χ0v) is 19.8. The van der Waals surface area contributed by atoms with E-state index in [-0.39, 0.29) is 0 Å². The predicted molar refractivity (Wildman–Crippen MR) is 126 cm³/mol. The van der Waals surface area contributed by atoms with E-state index < -0.39 is 15.8 Å². The van der Waals surface area contributed by atoms with Gasteiger partial charge in [-0.2, -0.15) is 0 Å². The summed E-state index contributed by atoms with van der Waals surface area (Å²) in [6, 6.07) is 22.3. The Bertz CT molecular complexity index is 523. The molecule has 2 rings (SSSR count). The van der Waals surface area contributed by atoms with Crippen LogP contribution < -0.4 is 22.1 Å². The summed E-state index contributed by atoms with van der Waals surface area (Å²) >= 11 is 3.03. The quantitative estimate of drug-likeness (QED) is 0.463. The summed E-state index contributed by atoms with van der Waals surface area (Å²) in [6.45, 7) is 1.63. The zero-order chi connectivity index (χ0) is 19.7. The summed E-state index contributed by atoms with van der Waals surface area (Å²) in [5.74, 6) is 0. The number of benzene rings is 2. The fourth-order valence-corrected chi connectivity index (χ4v) is 9.13. The molecule has 4 N–H and O–H groups in total. The van der Waals surface area contributed by atoms with E-state index in [9.17, 15) is 0 Å². The van der Waals surface area contributed by atoms with Crippen LogP contribution in [0.4, 0.5) is 0 Å². The Labute approximate surface area is 180 Å². The first-order chi connectivity index (χ1) is 13.3. The van der Waals surface area contributed by atoms with E-state index in [0.717, 1.165) is 25.9 Å². The molecule has 0 radical (unpaired) electrons. The van der Waals surface area contributed by atoms with Crippen molar-refractivity contribution >= 4 is 36.6 Å². The van der Waals surface area contributed by atoms with Gasteiger partial charge in [0.05, 0.1) is 35.3 Å². The van der Waals surface area contributed by atoms with Crippen molar-refractivity contribution in [3.63, 3.8) is 0 Å². The van der Waals surface area contributed by atoms with Crippen LogP contribution >= 0.6 is 26.0 Å². The monoisotopic (exact) mass is 470 g/mol. The molecule has 0 saturated heterocycles. The molecular weight excluding hydrogens is 437 g/mol. The summed E-state index contributed by atoms with van der Waals surface area (Å²) in [7, 11) is 3.39. The first-order valence-electron chi connectivity index (χ1n) is 9.68. The molecular formula is C21H34ClCoN2P2+3. The SMILES string of the molecule is NCCC[PH+](CCC[PH+](CCCN)c1ccccc1)c1ccccc1.[Cl][Co+]. The maximum absolute atomic E-state index is 5.77. The third-order valence-corrected chi connectivity index (χ3v) is 10.8. The van der Waals surface area contributed by atoms with E-state index in [1.165, 1.54) is 31.1 Å². The second kappa shape index (κ2) is 16.9. The van der Waals surface area contributed by atoms with Gasteiger partial charge in [0.2, 0.25) is 0 Å². The van der Waals surface area contributed by atoms with Crippen molar-refractivity contribution in [3.05, 3.63) is 60.7 Å². The van der Waals surface area contributed by atoms with Gasteiger partial charge in [-0.05, 0) is 50.2 Å². The summed E-state index contributed by atoms with van der Waals surface area (Å²) in [5.41, 5.74) is 11.5. The van der Waals surface area contributed by atoms with Crippen molar-refractivity contribution in [1.82, 2.24) is 0 Å². The molecule has 2 aromatic carbocycles. The van der Waals surface area contributed by atoms with Crippen LogP contribution in [0.2, 0.25) is 0 Å². The molecule has 2 aromatic rings. The first-order valence-corrected chi connectivity index (χ1v) is 14.9. The van der Waals surface area contributed by atoms with Crippen molar-refractivity contribution in [2.75, 3.05) is 37.7 Å². The Balaban J connectivity index is 0.00000176. The molecule has 2 unspecified atom stereocenters. The Morgan fingerprint density at radius 1 is 0.593 bits per heavy atom. The molecule has 27 heavy (non-hydrogen) atoms. The average molecular weight is 471 g/mol. The molecule has 0 aliphatic heterocycles. The fourth-order valence-electron chi connectivity index (χ4n) is 3.32. The van der Waals surface area contributed by atoms with Gasteiger partial charge >= 0.3 is 25.0 Å². The van der Waals surface area contributed by atoms with Gasteiger partial charge in [-0.1, -0.05) is 36.4 Å². The van der Waals surface area contributed by atoms with Crippen molar-refractivity contribution in [3.8, 4) is 0 Å². The van der Waals surface area contributed by atoms with Gasteiger partial charge < -0.3 is 11.5 Å². The average Bonchev–Trinajstić information content (AvgIpc) is 2.75. The third kappa shape index (κ3) is 10.4. The Morgan fingerprint density at radius 3 is 1.26 bits per heavy atom. The van der Waals surface area contributed by atoms with Crippen molar-refractivity contribution < 1.29 is 14.8 Å². The van der Waals surface area contributed by atoms with Gasteiger partial charge in [-0.15, -0.1) is 0 Å². The fraction of sp³-hybridized carbons (Fsp3) is 0.429. The molecule has 2 nitrogen and oxygen atoms in total. The van der Waals surface area contributed by atoms with Crippen molar-refractivity contribution in [2.24, 2.45) is 11.5 Å². The van der Waals surface area contributed by atoms with Crippen LogP contribution in [0.1, 0.15) is 19.3 Å². The molecule has 0 saturated carbocycles. The third-order valence-electron chi connectivity index (χ3n) is 4.69. The maximum atomic E-state index is 5.77. The summed E-state index contributed by atoms with van der Waals surface area (Å²) in [4.78, 5) is 0. The van der Waals surface area contributed by atoms with Crippen molar-refractivity contribution in [1.29, 1.82) is 0 Å². The number of halogens is 1. The standard InChI is InChI=1S/C21H32N2P2.ClH.Co/c22-14-7-16-24(20-10-3-1-4-11-20)18-9-19-25(17-8-15-23)21-12-5-2-6-13-21;;/h1-6,10-13H,7-9,14-19,22-23H2;1H;/q;;+2/p+1. The van der Waals surface area contributed by atoms with Gasteiger partial charge in [-0.3, -0.25) is 0 Å². The van der Waals surface area contributed by atoms with E-state index in [0.29, 0.717) is 0 Å². The second-order valence-corrected chi connectivity index (χ2v) is 12.1. The molecule has 0 fully saturated rings. The van der Waals surface area contributed by atoms with Crippen molar-refractivity contribution in [2.45, 2.75) is 19.3 Å². The number of hydrogen-bond acceptors (Lipinski definition) is 2. The van der Waals surface area contributed by atoms with E-state index in [1.54, 1.807) is 10.6 Å². The van der Waals surface area contributed by atoms with Crippen LogP contribution in [0, 0.1) is 0 Å². The Hall–Kier alpha value is 0.0165. The number of hydrogen-bond donors (Lipinski definition) is 2. The molecule has 151 valence electrons. The molecule has 0 aliphatic rings. The molecule has 0 amide bonds. The molecule has 0 aliphatic carbocycles. The molecule has 2 atom stereocenters. The summed E-state index contributed by atoms with van der Waals surface area (Å²) in [6.07, 6.45) is 9.03. The molecule has 0 spiro atoms. The molecule has 0 aromatic heterocycles. The zero-order valence-electron chi connectivity index (χ0n) is 16.0. The topological polar surface area (TPSA) is 52.0 Å². The number of rotatable bonds is 12. The van der Waals surface area contributed by atoms with Crippen LogP contribution in [0.5, 0.6) is 0 Å². The van der Waals surface area contributed by atoms with Crippen LogP contribution in [0.15, 0.2) is 60.7 Å². The summed E-state index contributed by atoms with van der Waals surface area (Å²) < 4.78 is 0. The second-order valence-electron chi connectivity index (χ2n) is 6.58. The van der Waals surface area contributed by atoms with Crippen LogP contribution in [0.25, 0.3) is 0 Å². The van der Waals surface area contributed by atoms with Crippen LogP contribution in [-0.2, 0) is 14.8 Å². The van der Waals surface area contributed by atoms with E-state index in [2.05, 4.69) is 85.6 Å². The Morgan fingerprint density at radius 2 is 0.926 bits per heavy atom. The minimum atomic E-state index is -0.470. The van der Waals surface area contributed by atoms with Crippen LogP contribution in [-0.4, -0.2) is 37.7 Å². The minimum absolute atomic E-state index is 0.470. The molecule has 6 heteroatoms. The van der Waals surface area contributed by atoms with Gasteiger partial charge in [0.25, 0.3) is 0 Å². The predicted octanol–water partition coefficient (Wildman–Crippen LogP) is 3.84. The van der Waals surface area contributed by atoms with E-state index >= 15 is 0 Å². The molecule has 0 heterocycles. The number of nitrogens with two attached hydrogens (primary N) is 2. The first kappa shape index (κ1) is 25.1. The Kier molecular flexibility index (Phi) is 15.7. The van der Waals surface area contributed by atoms with E-state index in [4.69, 9.17) is 11.5 Å². The van der Waals surface area contributed by atoms with Gasteiger partial charge in [0.1, 0.15) is 0 Å². The van der Waals surface area contributed by atoms with Gasteiger partial charge in [-0.25, -0.2) is 0 Å². The molecule has 0 bridgehead atoms.